The molecule has 0 aliphatic carbocycles. The lowest BCUT2D eigenvalue weighted by atomic mass is 9.96. The molecule has 0 aliphatic rings. The molecule has 0 unspecified atom stereocenters. The molecule has 0 aliphatic heterocycles. The maximum Gasteiger partial charge on any atom is 0.249 e. The molecule has 2 N–H and O–H groups in total. The number of anilines is 2. The van der Waals surface area contributed by atoms with E-state index in [0.717, 1.165) is 39.1 Å². The van der Waals surface area contributed by atoms with Gasteiger partial charge in [0.25, 0.3) is 0 Å². The van der Waals surface area contributed by atoms with E-state index >= 15 is 0 Å². The first kappa shape index (κ1) is 26.8. The Morgan fingerprint density at radius 3 is 2.25 bits per heavy atom. The summed E-state index contributed by atoms with van der Waals surface area (Å²) in [6.07, 6.45) is 1.57. The van der Waals surface area contributed by atoms with Crippen LogP contribution in [0, 0.1) is 5.82 Å². The lowest BCUT2D eigenvalue weighted by Gasteiger charge is -2.31. The number of amides is 1. The molecule has 0 spiro atoms. The largest absolute Gasteiger partial charge is 0.378 e. The average molecular weight is 535 g/mol. The van der Waals surface area contributed by atoms with Gasteiger partial charge >= 0.3 is 0 Å². The number of benzene rings is 4. The monoisotopic (exact) mass is 534 g/mol. The number of nitrogens with zero attached hydrogens (tertiary/aromatic N) is 5. The minimum Gasteiger partial charge on any atom is -0.378 e. The van der Waals surface area contributed by atoms with Gasteiger partial charge in [-0.15, -0.1) is 0 Å². The molecule has 1 aromatic heterocycles. The summed E-state index contributed by atoms with van der Waals surface area (Å²) in [6, 6.07) is 26.2. The number of fused-ring (bicyclic) bond motifs is 1. The van der Waals surface area contributed by atoms with Crippen molar-refractivity contribution in [2.24, 2.45) is 5.73 Å². The number of primary amides is 1. The van der Waals surface area contributed by atoms with Gasteiger partial charge in [0.05, 0.1) is 12.1 Å². The molecule has 1 heterocycles. The number of hydrazine groups is 1. The summed E-state index contributed by atoms with van der Waals surface area (Å²) in [5.74, 6) is -0.131. The van der Waals surface area contributed by atoms with Crippen LogP contribution in [0.4, 0.5) is 15.9 Å². The maximum absolute atomic E-state index is 13.6. The summed E-state index contributed by atoms with van der Waals surface area (Å²) >= 11 is 0. The van der Waals surface area contributed by atoms with Gasteiger partial charge in [-0.3, -0.25) is 9.80 Å². The quantitative estimate of drug-likeness (QED) is 0.256. The standard InChI is InChI=1S/C32H31FN6O/c1-37(2)26-7-5-6-23(17-26)24-11-15-30-29(18-24)32(36-20-35-30)39(38(3)4)19-21-8-14-27(31(34)40)28(16-21)22-9-12-25(33)13-10-22/h5-18,20H,19H2,1-4H3,(H2,34,40). The summed E-state index contributed by atoms with van der Waals surface area (Å²) in [7, 11) is 7.96. The van der Waals surface area contributed by atoms with Crippen LogP contribution in [0.2, 0.25) is 0 Å². The van der Waals surface area contributed by atoms with Gasteiger partial charge in [0.1, 0.15) is 12.1 Å². The molecule has 0 saturated carbocycles. The Bertz CT molecular complexity index is 1680. The number of nitrogens with two attached hydrogens (primary N) is 1. The van der Waals surface area contributed by atoms with Crippen molar-refractivity contribution in [1.82, 2.24) is 15.0 Å². The van der Waals surface area contributed by atoms with Crippen molar-refractivity contribution in [2.45, 2.75) is 6.54 Å². The molecule has 5 aromatic rings. The number of carbonyl (C=O) groups excluding carboxylic acids is 1. The van der Waals surface area contributed by atoms with E-state index in [4.69, 9.17) is 10.7 Å². The molecular weight excluding hydrogens is 503 g/mol. The number of carbonyl (C=O) groups is 1. The van der Waals surface area contributed by atoms with Crippen LogP contribution in [0.15, 0.2) is 91.3 Å². The molecule has 8 heteroatoms. The second kappa shape index (κ2) is 11.1. The first-order valence-electron chi connectivity index (χ1n) is 12.9. The highest BCUT2D eigenvalue weighted by Gasteiger charge is 2.18. The van der Waals surface area contributed by atoms with Crippen molar-refractivity contribution in [1.29, 1.82) is 0 Å². The second-order valence-electron chi connectivity index (χ2n) is 10.0. The van der Waals surface area contributed by atoms with Gasteiger partial charge in [0, 0.05) is 44.8 Å². The van der Waals surface area contributed by atoms with Gasteiger partial charge in [-0.05, 0) is 76.3 Å². The van der Waals surface area contributed by atoms with E-state index < -0.39 is 5.91 Å². The van der Waals surface area contributed by atoms with E-state index in [1.807, 2.05) is 51.4 Å². The van der Waals surface area contributed by atoms with Crippen molar-refractivity contribution in [3.63, 3.8) is 0 Å². The van der Waals surface area contributed by atoms with Gasteiger partial charge in [0.15, 0.2) is 5.82 Å². The fraction of sp³-hybridized carbons (Fsp3) is 0.156. The fourth-order valence-electron chi connectivity index (χ4n) is 4.74. The molecular formula is C32H31FN6O. The van der Waals surface area contributed by atoms with Crippen molar-refractivity contribution < 1.29 is 9.18 Å². The minimum atomic E-state index is -0.539. The van der Waals surface area contributed by atoms with E-state index in [9.17, 15) is 9.18 Å². The topological polar surface area (TPSA) is 78.6 Å². The summed E-state index contributed by atoms with van der Waals surface area (Å²) < 4.78 is 13.6. The number of rotatable bonds is 8. The smallest absolute Gasteiger partial charge is 0.249 e. The number of hydrogen-bond donors (Lipinski definition) is 1. The SMILES string of the molecule is CN(C)c1cccc(-c2ccc3ncnc(N(Cc4ccc(C(N)=O)c(-c5ccc(F)cc5)c4)N(C)C)c3c2)c1. The third-order valence-electron chi connectivity index (χ3n) is 6.87. The van der Waals surface area contributed by atoms with Gasteiger partial charge in [-0.2, -0.15) is 0 Å². The van der Waals surface area contributed by atoms with E-state index in [2.05, 4.69) is 51.3 Å². The Kier molecular flexibility index (Phi) is 7.44. The number of hydrogen-bond acceptors (Lipinski definition) is 6. The van der Waals surface area contributed by atoms with Crippen LogP contribution >= 0.6 is 0 Å². The van der Waals surface area contributed by atoms with E-state index in [1.165, 1.54) is 12.1 Å². The van der Waals surface area contributed by atoms with Crippen LogP contribution in [0.3, 0.4) is 0 Å². The highest BCUT2D eigenvalue weighted by molar-refractivity contribution is 6.00. The van der Waals surface area contributed by atoms with Crippen molar-refractivity contribution in [2.75, 3.05) is 38.1 Å². The molecule has 0 saturated heterocycles. The highest BCUT2D eigenvalue weighted by atomic mass is 19.1. The summed E-state index contributed by atoms with van der Waals surface area (Å²) in [5, 5.41) is 4.94. The van der Waals surface area contributed by atoms with Gasteiger partial charge in [-0.25, -0.2) is 19.4 Å². The zero-order chi connectivity index (χ0) is 28.4. The van der Waals surface area contributed by atoms with E-state index in [1.54, 1.807) is 24.5 Å². The molecule has 0 bridgehead atoms. The summed E-state index contributed by atoms with van der Waals surface area (Å²) in [5.41, 5.74) is 12.5. The average Bonchev–Trinajstić information content (AvgIpc) is 2.95. The number of halogens is 1. The Hall–Kier alpha value is -4.82. The molecule has 5 rings (SSSR count). The van der Waals surface area contributed by atoms with Crippen LogP contribution in [0.1, 0.15) is 15.9 Å². The molecule has 0 atom stereocenters. The Balaban J connectivity index is 1.57. The van der Waals surface area contributed by atoms with Crippen LogP contribution in [0.5, 0.6) is 0 Å². The summed E-state index contributed by atoms with van der Waals surface area (Å²) in [4.78, 5) is 23.5. The van der Waals surface area contributed by atoms with Crippen LogP contribution in [0.25, 0.3) is 33.2 Å². The predicted octanol–water partition coefficient (Wildman–Crippen LogP) is 5.75. The molecule has 40 heavy (non-hydrogen) atoms. The zero-order valence-corrected chi connectivity index (χ0v) is 23.0. The molecule has 7 nitrogen and oxygen atoms in total. The van der Waals surface area contributed by atoms with E-state index in [-0.39, 0.29) is 5.82 Å². The normalized spacial score (nSPS) is 11.2. The lowest BCUT2D eigenvalue weighted by molar-refractivity contribution is 0.100. The summed E-state index contributed by atoms with van der Waals surface area (Å²) in [6.45, 7) is 0.465. The van der Waals surface area contributed by atoms with Crippen molar-refractivity contribution in [3.8, 4) is 22.3 Å². The molecule has 202 valence electrons. The third-order valence-corrected chi connectivity index (χ3v) is 6.87. The first-order chi connectivity index (χ1) is 19.2. The zero-order valence-electron chi connectivity index (χ0n) is 23.0. The van der Waals surface area contributed by atoms with Crippen LogP contribution in [-0.4, -0.2) is 49.1 Å². The highest BCUT2D eigenvalue weighted by Crippen LogP contribution is 2.32. The van der Waals surface area contributed by atoms with Crippen molar-refractivity contribution >= 4 is 28.3 Å². The Morgan fingerprint density at radius 1 is 0.825 bits per heavy atom. The van der Waals surface area contributed by atoms with Crippen molar-refractivity contribution in [3.05, 3.63) is 108 Å². The van der Waals surface area contributed by atoms with Gasteiger partial charge in [-0.1, -0.05) is 36.4 Å². The Labute approximate surface area is 233 Å². The minimum absolute atomic E-state index is 0.345. The van der Waals surface area contributed by atoms with Crippen LogP contribution < -0.4 is 15.6 Å². The molecule has 1 amide bonds. The number of aromatic nitrogens is 2. The third kappa shape index (κ3) is 5.48. The lowest BCUT2D eigenvalue weighted by Crippen LogP contribution is -2.37. The molecule has 0 radical (unpaired) electrons. The molecule has 0 fully saturated rings. The van der Waals surface area contributed by atoms with Gasteiger partial charge in [0.2, 0.25) is 5.91 Å². The fourth-order valence-corrected chi connectivity index (χ4v) is 4.74. The first-order valence-corrected chi connectivity index (χ1v) is 12.9. The molecule has 4 aromatic carbocycles. The van der Waals surface area contributed by atoms with E-state index in [0.29, 0.717) is 23.2 Å². The Morgan fingerprint density at radius 2 is 1.55 bits per heavy atom. The van der Waals surface area contributed by atoms with Gasteiger partial charge < -0.3 is 10.6 Å². The second-order valence-corrected chi connectivity index (χ2v) is 10.0. The van der Waals surface area contributed by atoms with Crippen LogP contribution in [-0.2, 0) is 6.54 Å². The maximum atomic E-state index is 13.6. The predicted molar refractivity (Wildman–Crippen MR) is 160 cm³/mol.